The van der Waals surface area contributed by atoms with Gasteiger partial charge in [0.15, 0.2) is 6.29 Å². The Kier molecular flexibility index (Phi) is 4.28. The highest BCUT2D eigenvalue weighted by molar-refractivity contribution is 4.87. The molecule has 2 unspecified atom stereocenters. The Morgan fingerprint density at radius 3 is 2.36 bits per heavy atom. The smallest absolute Gasteiger partial charge is 0.184 e. The van der Waals surface area contributed by atoms with Gasteiger partial charge in [-0.3, -0.25) is 0 Å². The Morgan fingerprint density at radius 2 is 1.93 bits per heavy atom. The number of aliphatic hydroxyl groups is 3. The molecule has 3 N–H and O–H groups in total. The predicted octanol–water partition coefficient (Wildman–Crippen LogP) is -0.902. The molecule has 14 heavy (non-hydrogen) atoms. The fourth-order valence-electron chi connectivity index (χ4n) is 1.84. The van der Waals surface area contributed by atoms with Crippen molar-refractivity contribution in [3.8, 4) is 0 Å². The van der Waals surface area contributed by atoms with Crippen molar-refractivity contribution in [3.63, 3.8) is 0 Å². The SMILES string of the molecule is CC[C@@H]1C(O)[C@@H](OC)OC(CO)[C@@H]1O. The Balaban J connectivity index is 2.72. The molecule has 0 aliphatic carbocycles. The molecule has 0 aromatic carbocycles. The van der Waals surface area contributed by atoms with Crippen LogP contribution in [0.15, 0.2) is 0 Å². The third kappa shape index (κ3) is 2.07. The first kappa shape index (κ1) is 11.9. The van der Waals surface area contributed by atoms with Gasteiger partial charge in [0.1, 0.15) is 12.2 Å². The average Bonchev–Trinajstić information content (AvgIpc) is 2.19. The van der Waals surface area contributed by atoms with Gasteiger partial charge in [-0.2, -0.15) is 0 Å². The Bertz CT molecular complexity index is 159. The van der Waals surface area contributed by atoms with Crippen LogP contribution in [0.4, 0.5) is 0 Å². The predicted molar refractivity (Wildman–Crippen MR) is 48.6 cm³/mol. The van der Waals surface area contributed by atoms with Crippen molar-refractivity contribution in [2.45, 2.75) is 37.9 Å². The Labute approximate surface area is 83.3 Å². The van der Waals surface area contributed by atoms with Crippen LogP contribution in [0.5, 0.6) is 0 Å². The van der Waals surface area contributed by atoms with E-state index in [1.165, 1.54) is 7.11 Å². The van der Waals surface area contributed by atoms with Crippen LogP contribution in [0, 0.1) is 5.92 Å². The Hall–Kier alpha value is -0.200. The molecule has 1 aliphatic rings. The first-order chi connectivity index (χ1) is 6.65. The Morgan fingerprint density at radius 1 is 1.29 bits per heavy atom. The third-order valence-electron chi connectivity index (χ3n) is 2.73. The second-order valence-corrected chi connectivity index (χ2v) is 3.51. The van der Waals surface area contributed by atoms with E-state index in [1.807, 2.05) is 6.92 Å². The summed E-state index contributed by atoms with van der Waals surface area (Å²) in [6.45, 7) is 1.59. The molecule has 1 saturated heterocycles. The van der Waals surface area contributed by atoms with Crippen molar-refractivity contribution in [1.82, 2.24) is 0 Å². The molecule has 0 saturated carbocycles. The van der Waals surface area contributed by atoms with Crippen molar-refractivity contribution in [3.05, 3.63) is 0 Å². The summed E-state index contributed by atoms with van der Waals surface area (Å²) < 4.78 is 10.1. The average molecular weight is 206 g/mol. The van der Waals surface area contributed by atoms with Gasteiger partial charge in [-0.1, -0.05) is 6.92 Å². The van der Waals surface area contributed by atoms with E-state index < -0.39 is 24.6 Å². The van der Waals surface area contributed by atoms with E-state index in [9.17, 15) is 10.2 Å². The van der Waals surface area contributed by atoms with Crippen molar-refractivity contribution >= 4 is 0 Å². The van der Waals surface area contributed by atoms with E-state index in [0.29, 0.717) is 6.42 Å². The monoisotopic (exact) mass is 206 g/mol. The van der Waals surface area contributed by atoms with Crippen molar-refractivity contribution in [2.75, 3.05) is 13.7 Å². The summed E-state index contributed by atoms with van der Waals surface area (Å²) in [5.74, 6) is -0.314. The molecule has 5 heteroatoms. The molecule has 1 fully saturated rings. The van der Waals surface area contributed by atoms with Gasteiger partial charge < -0.3 is 24.8 Å². The van der Waals surface area contributed by atoms with E-state index in [0.717, 1.165) is 0 Å². The summed E-state index contributed by atoms with van der Waals surface area (Å²) in [6.07, 6.45) is -2.51. The first-order valence-corrected chi connectivity index (χ1v) is 4.80. The minimum atomic E-state index is -0.845. The second kappa shape index (κ2) is 5.04. The number of hydrogen-bond acceptors (Lipinski definition) is 5. The number of aliphatic hydroxyl groups excluding tert-OH is 3. The molecule has 1 aliphatic heterocycles. The highest BCUT2D eigenvalue weighted by Gasteiger charge is 2.43. The molecule has 0 aromatic rings. The van der Waals surface area contributed by atoms with Crippen LogP contribution in [0.2, 0.25) is 0 Å². The number of rotatable bonds is 3. The topological polar surface area (TPSA) is 79.2 Å². The molecular weight excluding hydrogens is 188 g/mol. The van der Waals surface area contributed by atoms with Gasteiger partial charge in [0.05, 0.1) is 12.7 Å². The van der Waals surface area contributed by atoms with Gasteiger partial charge >= 0.3 is 0 Å². The summed E-state index contributed by atoms with van der Waals surface area (Å²) in [4.78, 5) is 0. The second-order valence-electron chi connectivity index (χ2n) is 3.51. The van der Waals surface area contributed by atoms with Crippen LogP contribution < -0.4 is 0 Å². The molecule has 5 atom stereocenters. The van der Waals surface area contributed by atoms with E-state index in [4.69, 9.17) is 14.6 Å². The standard InChI is InChI=1S/C9H18O5/c1-3-5-7(11)6(4-10)14-9(13-2)8(5)12/h5-12H,3-4H2,1-2H3/t5-,6?,7+,8?,9-/m0/s1. The summed E-state index contributed by atoms with van der Waals surface area (Å²) in [5.41, 5.74) is 0. The van der Waals surface area contributed by atoms with Gasteiger partial charge in [0.25, 0.3) is 0 Å². The lowest BCUT2D eigenvalue weighted by molar-refractivity contribution is -0.282. The van der Waals surface area contributed by atoms with Crippen LogP contribution in [-0.4, -0.2) is 53.6 Å². The van der Waals surface area contributed by atoms with Crippen LogP contribution >= 0.6 is 0 Å². The lowest BCUT2D eigenvalue weighted by atomic mass is 9.87. The molecule has 0 radical (unpaired) electrons. The first-order valence-electron chi connectivity index (χ1n) is 4.80. The molecule has 1 heterocycles. The maximum Gasteiger partial charge on any atom is 0.184 e. The summed E-state index contributed by atoms with van der Waals surface area (Å²) in [7, 11) is 1.42. The quantitative estimate of drug-likeness (QED) is 0.557. The van der Waals surface area contributed by atoms with Gasteiger partial charge in [-0.25, -0.2) is 0 Å². The normalized spacial score (nSPS) is 43.9. The van der Waals surface area contributed by atoms with Crippen molar-refractivity contribution in [1.29, 1.82) is 0 Å². The fraction of sp³-hybridized carbons (Fsp3) is 1.00. The molecule has 84 valence electrons. The van der Waals surface area contributed by atoms with Crippen LogP contribution in [0.1, 0.15) is 13.3 Å². The molecule has 0 bridgehead atoms. The number of methoxy groups -OCH3 is 1. The maximum absolute atomic E-state index is 9.72. The highest BCUT2D eigenvalue weighted by atomic mass is 16.7. The summed E-state index contributed by atoms with van der Waals surface area (Å²) in [5, 5.41) is 28.4. The van der Waals surface area contributed by atoms with Gasteiger partial charge in [0.2, 0.25) is 0 Å². The molecular formula is C9H18O5. The zero-order valence-electron chi connectivity index (χ0n) is 8.46. The molecule has 0 amide bonds. The van der Waals surface area contributed by atoms with E-state index >= 15 is 0 Å². The summed E-state index contributed by atoms with van der Waals surface area (Å²) in [6, 6.07) is 0. The van der Waals surface area contributed by atoms with Gasteiger partial charge in [0, 0.05) is 13.0 Å². The zero-order chi connectivity index (χ0) is 10.7. The van der Waals surface area contributed by atoms with Gasteiger partial charge in [-0.15, -0.1) is 0 Å². The maximum atomic E-state index is 9.72. The number of ether oxygens (including phenoxy) is 2. The third-order valence-corrected chi connectivity index (χ3v) is 2.73. The molecule has 5 nitrogen and oxygen atoms in total. The minimum absolute atomic E-state index is 0.274. The lowest BCUT2D eigenvalue weighted by Gasteiger charge is -2.41. The van der Waals surface area contributed by atoms with Crippen molar-refractivity contribution < 1.29 is 24.8 Å². The van der Waals surface area contributed by atoms with Crippen LogP contribution in [0.25, 0.3) is 0 Å². The highest BCUT2D eigenvalue weighted by Crippen LogP contribution is 2.28. The molecule has 0 spiro atoms. The molecule has 0 aromatic heterocycles. The minimum Gasteiger partial charge on any atom is -0.394 e. The van der Waals surface area contributed by atoms with E-state index in [-0.39, 0.29) is 12.5 Å². The largest absolute Gasteiger partial charge is 0.394 e. The van der Waals surface area contributed by atoms with Crippen molar-refractivity contribution in [2.24, 2.45) is 5.92 Å². The lowest BCUT2D eigenvalue weighted by Crippen LogP contribution is -2.55. The fourth-order valence-corrected chi connectivity index (χ4v) is 1.84. The van der Waals surface area contributed by atoms with Gasteiger partial charge in [-0.05, 0) is 6.42 Å². The summed E-state index contributed by atoms with van der Waals surface area (Å²) >= 11 is 0. The van der Waals surface area contributed by atoms with E-state index in [2.05, 4.69) is 0 Å². The van der Waals surface area contributed by atoms with E-state index in [1.54, 1.807) is 0 Å². The molecule has 1 rings (SSSR count). The zero-order valence-corrected chi connectivity index (χ0v) is 8.46. The van der Waals surface area contributed by atoms with Crippen LogP contribution in [0.3, 0.4) is 0 Å². The number of hydrogen-bond donors (Lipinski definition) is 3. The van der Waals surface area contributed by atoms with Crippen LogP contribution in [-0.2, 0) is 9.47 Å².